The van der Waals surface area contributed by atoms with Crippen molar-refractivity contribution < 1.29 is 0 Å². The predicted molar refractivity (Wildman–Crippen MR) is 84.8 cm³/mol. The van der Waals surface area contributed by atoms with E-state index in [4.69, 9.17) is 0 Å². The molecule has 3 heteroatoms. The van der Waals surface area contributed by atoms with E-state index in [9.17, 15) is 0 Å². The van der Waals surface area contributed by atoms with Gasteiger partial charge in [0.25, 0.3) is 0 Å². The van der Waals surface area contributed by atoms with Gasteiger partial charge in [-0.05, 0) is 18.4 Å². The number of nitrogens with one attached hydrogen (secondary N) is 1. The molecule has 108 valence electrons. The number of hydrogen-bond acceptors (Lipinski definition) is 3. The van der Waals surface area contributed by atoms with Crippen LogP contribution in [-0.2, 0) is 6.42 Å². The lowest BCUT2D eigenvalue weighted by Crippen LogP contribution is -2.42. The third-order valence-corrected chi connectivity index (χ3v) is 3.73. The van der Waals surface area contributed by atoms with Gasteiger partial charge < -0.3 is 5.32 Å². The van der Waals surface area contributed by atoms with Gasteiger partial charge >= 0.3 is 0 Å². The first-order valence-corrected chi connectivity index (χ1v) is 7.45. The zero-order chi connectivity index (χ0) is 14.6. The first-order valence-electron chi connectivity index (χ1n) is 7.45. The Morgan fingerprint density at radius 3 is 2.65 bits per heavy atom. The monoisotopic (exact) mass is 271 g/mol. The van der Waals surface area contributed by atoms with Crippen LogP contribution in [0.3, 0.4) is 0 Å². The van der Waals surface area contributed by atoms with Gasteiger partial charge in [-0.25, -0.2) is 0 Å². The SMILES string of the molecule is CCCNC(Cc1nncc2ccccc12)C(C)(C)C. The van der Waals surface area contributed by atoms with Crippen molar-refractivity contribution in [3.63, 3.8) is 0 Å². The van der Waals surface area contributed by atoms with Gasteiger partial charge in [-0.1, -0.05) is 52.0 Å². The summed E-state index contributed by atoms with van der Waals surface area (Å²) in [6.07, 6.45) is 3.90. The maximum absolute atomic E-state index is 4.38. The summed E-state index contributed by atoms with van der Waals surface area (Å²) in [5, 5.41) is 14.6. The summed E-state index contributed by atoms with van der Waals surface area (Å²) in [6.45, 7) is 10.1. The van der Waals surface area contributed by atoms with Crippen molar-refractivity contribution in [2.45, 2.75) is 46.6 Å². The normalized spacial score (nSPS) is 13.6. The average molecular weight is 271 g/mol. The second-order valence-electron chi connectivity index (χ2n) is 6.46. The molecule has 1 unspecified atom stereocenters. The van der Waals surface area contributed by atoms with E-state index in [1.165, 1.54) is 10.8 Å². The third kappa shape index (κ3) is 3.54. The highest BCUT2D eigenvalue weighted by Crippen LogP contribution is 2.24. The van der Waals surface area contributed by atoms with Crippen molar-refractivity contribution in [3.8, 4) is 0 Å². The highest BCUT2D eigenvalue weighted by Gasteiger charge is 2.25. The van der Waals surface area contributed by atoms with Crippen LogP contribution in [0.5, 0.6) is 0 Å². The number of hydrogen-bond donors (Lipinski definition) is 1. The molecule has 1 aromatic heterocycles. The second-order valence-corrected chi connectivity index (χ2v) is 6.46. The van der Waals surface area contributed by atoms with E-state index in [1.807, 2.05) is 12.3 Å². The van der Waals surface area contributed by atoms with Crippen molar-refractivity contribution in [2.24, 2.45) is 5.41 Å². The molecular formula is C17H25N3. The maximum atomic E-state index is 4.38. The molecule has 1 aromatic carbocycles. The van der Waals surface area contributed by atoms with E-state index in [-0.39, 0.29) is 5.41 Å². The molecule has 0 aliphatic rings. The van der Waals surface area contributed by atoms with Gasteiger partial charge in [-0.2, -0.15) is 10.2 Å². The minimum Gasteiger partial charge on any atom is -0.313 e. The van der Waals surface area contributed by atoms with Gasteiger partial charge in [0.2, 0.25) is 0 Å². The van der Waals surface area contributed by atoms with Crippen LogP contribution in [0.1, 0.15) is 39.8 Å². The first kappa shape index (κ1) is 14.9. The van der Waals surface area contributed by atoms with Crippen molar-refractivity contribution in [1.82, 2.24) is 15.5 Å². The molecule has 2 aromatic rings. The van der Waals surface area contributed by atoms with E-state index in [2.05, 4.69) is 61.4 Å². The smallest absolute Gasteiger partial charge is 0.0725 e. The Balaban J connectivity index is 2.28. The molecule has 0 aliphatic carbocycles. The lowest BCUT2D eigenvalue weighted by molar-refractivity contribution is 0.265. The van der Waals surface area contributed by atoms with Crippen LogP contribution in [0.15, 0.2) is 30.5 Å². The van der Waals surface area contributed by atoms with E-state index < -0.39 is 0 Å². The molecule has 0 saturated heterocycles. The Bertz CT molecular complexity index is 552. The van der Waals surface area contributed by atoms with E-state index in [0.29, 0.717) is 6.04 Å². The summed E-state index contributed by atoms with van der Waals surface area (Å²) in [4.78, 5) is 0. The highest BCUT2D eigenvalue weighted by atomic mass is 15.1. The van der Waals surface area contributed by atoms with Crippen LogP contribution in [-0.4, -0.2) is 22.8 Å². The fraction of sp³-hybridized carbons (Fsp3) is 0.529. The zero-order valence-corrected chi connectivity index (χ0v) is 13.0. The lowest BCUT2D eigenvalue weighted by atomic mass is 9.83. The molecule has 3 nitrogen and oxygen atoms in total. The van der Waals surface area contributed by atoms with Crippen LogP contribution in [0, 0.1) is 5.41 Å². The summed E-state index contributed by atoms with van der Waals surface area (Å²) in [7, 11) is 0. The molecule has 0 amide bonds. The Morgan fingerprint density at radius 1 is 1.20 bits per heavy atom. The summed E-state index contributed by atoms with van der Waals surface area (Å²) >= 11 is 0. The Hall–Kier alpha value is -1.48. The van der Waals surface area contributed by atoms with Gasteiger partial charge in [-0.3, -0.25) is 0 Å². The number of rotatable bonds is 5. The first-order chi connectivity index (χ1) is 9.52. The molecule has 0 bridgehead atoms. The predicted octanol–water partition coefficient (Wildman–Crippen LogP) is 3.59. The van der Waals surface area contributed by atoms with Crippen molar-refractivity contribution in [3.05, 3.63) is 36.2 Å². The van der Waals surface area contributed by atoms with E-state index in [0.717, 1.165) is 25.1 Å². The van der Waals surface area contributed by atoms with Crippen LogP contribution in [0.25, 0.3) is 10.8 Å². The summed E-state index contributed by atoms with van der Waals surface area (Å²) < 4.78 is 0. The van der Waals surface area contributed by atoms with Crippen LogP contribution < -0.4 is 5.32 Å². The van der Waals surface area contributed by atoms with Crippen LogP contribution >= 0.6 is 0 Å². The van der Waals surface area contributed by atoms with Crippen molar-refractivity contribution in [2.75, 3.05) is 6.54 Å². The zero-order valence-electron chi connectivity index (χ0n) is 13.0. The lowest BCUT2D eigenvalue weighted by Gasteiger charge is -2.31. The molecule has 0 fully saturated rings. The minimum atomic E-state index is 0.202. The topological polar surface area (TPSA) is 37.8 Å². The van der Waals surface area contributed by atoms with Crippen LogP contribution in [0.4, 0.5) is 0 Å². The third-order valence-electron chi connectivity index (χ3n) is 3.73. The summed E-state index contributed by atoms with van der Waals surface area (Å²) in [5.41, 5.74) is 1.29. The number of benzene rings is 1. The molecular weight excluding hydrogens is 246 g/mol. The number of aromatic nitrogens is 2. The van der Waals surface area contributed by atoms with E-state index >= 15 is 0 Å². The molecule has 20 heavy (non-hydrogen) atoms. The van der Waals surface area contributed by atoms with E-state index in [1.54, 1.807) is 0 Å². The Labute approximate surface area is 121 Å². The molecule has 0 radical (unpaired) electrons. The van der Waals surface area contributed by atoms with Crippen molar-refractivity contribution >= 4 is 10.8 Å². The molecule has 1 atom stereocenters. The molecule has 1 N–H and O–H groups in total. The number of fused-ring (bicyclic) bond motifs is 1. The quantitative estimate of drug-likeness (QED) is 0.903. The average Bonchev–Trinajstić information content (AvgIpc) is 2.42. The second kappa shape index (κ2) is 6.31. The van der Waals surface area contributed by atoms with Gasteiger partial charge in [0.15, 0.2) is 0 Å². The fourth-order valence-electron chi connectivity index (χ4n) is 2.43. The largest absolute Gasteiger partial charge is 0.313 e. The maximum Gasteiger partial charge on any atom is 0.0725 e. The molecule has 1 heterocycles. The van der Waals surface area contributed by atoms with Gasteiger partial charge in [0.1, 0.15) is 0 Å². The van der Waals surface area contributed by atoms with Crippen LogP contribution in [0.2, 0.25) is 0 Å². The Kier molecular flexibility index (Phi) is 4.71. The molecule has 0 aliphatic heterocycles. The fourth-order valence-corrected chi connectivity index (χ4v) is 2.43. The molecule has 2 rings (SSSR count). The summed E-state index contributed by atoms with van der Waals surface area (Å²) in [6, 6.07) is 8.75. The molecule has 0 saturated carbocycles. The minimum absolute atomic E-state index is 0.202. The van der Waals surface area contributed by atoms with Gasteiger partial charge in [0.05, 0.1) is 11.9 Å². The summed E-state index contributed by atoms with van der Waals surface area (Å²) in [5.74, 6) is 0. The standard InChI is InChI=1S/C17H25N3/c1-5-10-18-16(17(2,3)4)11-15-14-9-7-6-8-13(14)12-19-20-15/h6-9,12,16,18H,5,10-11H2,1-4H3. The van der Waals surface area contributed by atoms with Crippen molar-refractivity contribution in [1.29, 1.82) is 0 Å². The number of nitrogens with zero attached hydrogens (tertiary/aromatic N) is 2. The highest BCUT2D eigenvalue weighted by molar-refractivity contribution is 5.83. The molecule has 0 spiro atoms. The van der Waals surface area contributed by atoms with Gasteiger partial charge in [-0.15, -0.1) is 0 Å². The van der Waals surface area contributed by atoms with Gasteiger partial charge in [0, 0.05) is 23.2 Å². The Morgan fingerprint density at radius 2 is 1.95 bits per heavy atom.